The second kappa shape index (κ2) is 10.0. The van der Waals surface area contributed by atoms with Gasteiger partial charge in [-0.2, -0.15) is 0 Å². The van der Waals surface area contributed by atoms with Gasteiger partial charge in [0.15, 0.2) is 6.10 Å². The number of hydrogen-bond acceptors (Lipinski definition) is 4. The van der Waals surface area contributed by atoms with Crippen LogP contribution in [0.1, 0.15) is 38.2 Å². The van der Waals surface area contributed by atoms with E-state index in [1.807, 2.05) is 25.1 Å². The zero-order valence-electron chi connectivity index (χ0n) is 16.8. The fraction of sp³-hybridized carbons (Fsp3) is 0.435. The van der Waals surface area contributed by atoms with Crippen molar-refractivity contribution in [2.24, 2.45) is 0 Å². The summed E-state index contributed by atoms with van der Waals surface area (Å²) >= 11 is 0. The molecule has 1 heterocycles. The molecule has 0 unspecified atom stereocenters. The Morgan fingerprint density at radius 1 is 1.07 bits per heavy atom. The maximum absolute atomic E-state index is 12.5. The van der Waals surface area contributed by atoms with Crippen LogP contribution in [0.2, 0.25) is 0 Å². The number of amides is 1. The second-order valence-electron chi connectivity index (χ2n) is 7.13. The van der Waals surface area contributed by atoms with Crippen molar-refractivity contribution in [3.05, 3.63) is 54.1 Å². The molecule has 0 spiro atoms. The zero-order chi connectivity index (χ0) is 19.8. The Bertz CT molecular complexity index is 755. The van der Waals surface area contributed by atoms with E-state index in [2.05, 4.69) is 34.5 Å². The molecule has 28 heavy (non-hydrogen) atoms. The monoisotopic (exact) mass is 382 g/mol. The molecule has 1 aliphatic rings. The summed E-state index contributed by atoms with van der Waals surface area (Å²) in [5.74, 6) is 1.24. The number of benzene rings is 2. The first kappa shape index (κ1) is 20.1. The first-order chi connectivity index (χ1) is 13.7. The molecule has 0 bridgehead atoms. The standard InChI is InChI=1S/C23H30N2O3/c1-3-22(28-21-9-7-8-20(16-21)27-2)23(26)24-17-18-10-12-19(13-11-18)25-14-5-4-6-15-25/h7-13,16,22H,3-6,14-15,17H2,1-2H3,(H,24,26)/t22-/m0/s1. The van der Waals surface area contributed by atoms with Gasteiger partial charge in [-0.15, -0.1) is 0 Å². The minimum Gasteiger partial charge on any atom is -0.497 e. The fourth-order valence-electron chi connectivity index (χ4n) is 3.44. The topological polar surface area (TPSA) is 50.8 Å². The van der Waals surface area contributed by atoms with E-state index in [1.54, 1.807) is 13.2 Å². The third-order valence-electron chi connectivity index (χ3n) is 5.11. The number of nitrogens with zero attached hydrogens (tertiary/aromatic N) is 1. The second-order valence-corrected chi connectivity index (χ2v) is 7.13. The minimum absolute atomic E-state index is 0.106. The van der Waals surface area contributed by atoms with E-state index in [0.29, 0.717) is 24.5 Å². The molecule has 5 heteroatoms. The Morgan fingerprint density at radius 3 is 2.46 bits per heavy atom. The highest BCUT2D eigenvalue weighted by Gasteiger charge is 2.18. The van der Waals surface area contributed by atoms with E-state index in [9.17, 15) is 4.79 Å². The molecule has 0 aliphatic carbocycles. The lowest BCUT2D eigenvalue weighted by Crippen LogP contribution is -2.37. The van der Waals surface area contributed by atoms with Crippen molar-refractivity contribution >= 4 is 11.6 Å². The number of anilines is 1. The van der Waals surface area contributed by atoms with E-state index in [0.717, 1.165) is 18.7 Å². The molecule has 1 aliphatic heterocycles. The van der Waals surface area contributed by atoms with Gasteiger partial charge in [-0.05, 0) is 55.5 Å². The molecule has 0 aromatic heterocycles. The van der Waals surface area contributed by atoms with Crippen LogP contribution < -0.4 is 19.7 Å². The largest absolute Gasteiger partial charge is 0.497 e. The van der Waals surface area contributed by atoms with Gasteiger partial charge in [0.2, 0.25) is 0 Å². The molecular weight excluding hydrogens is 352 g/mol. The molecule has 1 fully saturated rings. The number of hydrogen-bond donors (Lipinski definition) is 1. The fourth-order valence-corrected chi connectivity index (χ4v) is 3.44. The SMILES string of the molecule is CC[C@H](Oc1cccc(OC)c1)C(=O)NCc1ccc(N2CCCCC2)cc1. The van der Waals surface area contributed by atoms with Crippen molar-refractivity contribution in [1.82, 2.24) is 5.32 Å². The highest BCUT2D eigenvalue weighted by molar-refractivity contribution is 5.81. The lowest BCUT2D eigenvalue weighted by atomic mass is 10.1. The summed E-state index contributed by atoms with van der Waals surface area (Å²) in [5.41, 5.74) is 2.35. The molecule has 1 atom stereocenters. The summed E-state index contributed by atoms with van der Waals surface area (Å²) in [5, 5.41) is 2.99. The number of methoxy groups -OCH3 is 1. The molecule has 2 aromatic rings. The van der Waals surface area contributed by atoms with E-state index >= 15 is 0 Å². The van der Waals surface area contributed by atoms with Crippen molar-refractivity contribution < 1.29 is 14.3 Å². The van der Waals surface area contributed by atoms with Gasteiger partial charge in [-0.25, -0.2) is 0 Å². The Labute approximate surface area is 167 Å². The van der Waals surface area contributed by atoms with Crippen LogP contribution in [0.25, 0.3) is 0 Å². The normalized spacial score (nSPS) is 15.0. The number of carbonyl (C=O) groups excluding carboxylic acids is 1. The predicted molar refractivity (Wildman–Crippen MR) is 112 cm³/mol. The summed E-state index contributed by atoms with van der Waals surface area (Å²) in [7, 11) is 1.61. The van der Waals surface area contributed by atoms with Crippen LogP contribution in [-0.2, 0) is 11.3 Å². The molecule has 3 rings (SSSR count). The maximum atomic E-state index is 12.5. The minimum atomic E-state index is -0.528. The third-order valence-corrected chi connectivity index (χ3v) is 5.11. The summed E-state index contributed by atoms with van der Waals surface area (Å²) in [6.45, 7) is 4.71. The maximum Gasteiger partial charge on any atom is 0.261 e. The van der Waals surface area contributed by atoms with Gasteiger partial charge in [0.05, 0.1) is 7.11 Å². The first-order valence-corrected chi connectivity index (χ1v) is 10.1. The van der Waals surface area contributed by atoms with Gasteiger partial charge in [0, 0.05) is 31.4 Å². The highest BCUT2D eigenvalue weighted by atomic mass is 16.5. The molecular formula is C23H30N2O3. The van der Waals surface area contributed by atoms with Gasteiger partial charge >= 0.3 is 0 Å². The predicted octanol–water partition coefficient (Wildman–Crippen LogP) is 4.16. The lowest BCUT2D eigenvalue weighted by molar-refractivity contribution is -0.128. The number of carbonyl (C=O) groups is 1. The average molecular weight is 383 g/mol. The van der Waals surface area contributed by atoms with Gasteiger partial charge in [-0.1, -0.05) is 25.1 Å². The van der Waals surface area contributed by atoms with Crippen LogP contribution in [0, 0.1) is 0 Å². The third kappa shape index (κ3) is 5.41. The lowest BCUT2D eigenvalue weighted by Gasteiger charge is -2.28. The molecule has 1 amide bonds. The average Bonchev–Trinajstić information content (AvgIpc) is 2.77. The first-order valence-electron chi connectivity index (χ1n) is 10.1. The van der Waals surface area contributed by atoms with Crippen molar-refractivity contribution in [1.29, 1.82) is 0 Å². The summed E-state index contributed by atoms with van der Waals surface area (Å²) in [6, 6.07) is 15.8. The van der Waals surface area contributed by atoms with Crippen LogP contribution in [0.5, 0.6) is 11.5 Å². The van der Waals surface area contributed by atoms with Crippen molar-refractivity contribution in [2.75, 3.05) is 25.1 Å². The Hall–Kier alpha value is -2.69. The van der Waals surface area contributed by atoms with E-state index in [4.69, 9.17) is 9.47 Å². The van der Waals surface area contributed by atoms with Gasteiger partial charge in [0.1, 0.15) is 11.5 Å². The van der Waals surface area contributed by atoms with E-state index in [-0.39, 0.29) is 5.91 Å². The van der Waals surface area contributed by atoms with Crippen LogP contribution in [0.4, 0.5) is 5.69 Å². The number of rotatable bonds is 8. The Kier molecular flexibility index (Phi) is 7.18. The van der Waals surface area contributed by atoms with Crippen molar-refractivity contribution in [2.45, 2.75) is 45.3 Å². The Balaban J connectivity index is 1.52. The number of nitrogens with one attached hydrogen (secondary N) is 1. The van der Waals surface area contributed by atoms with Gasteiger partial charge in [0.25, 0.3) is 5.91 Å². The highest BCUT2D eigenvalue weighted by Crippen LogP contribution is 2.22. The molecule has 0 radical (unpaired) electrons. The van der Waals surface area contributed by atoms with Gasteiger partial charge in [-0.3, -0.25) is 4.79 Å². The van der Waals surface area contributed by atoms with Gasteiger partial charge < -0.3 is 19.7 Å². The van der Waals surface area contributed by atoms with Crippen molar-refractivity contribution in [3.8, 4) is 11.5 Å². The van der Waals surface area contributed by atoms with Crippen LogP contribution in [0.15, 0.2) is 48.5 Å². The van der Waals surface area contributed by atoms with Crippen LogP contribution in [0.3, 0.4) is 0 Å². The van der Waals surface area contributed by atoms with E-state index in [1.165, 1.54) is 24.9 Å². The van der Waals surface area contributed by atoms with E-state index < -0.39 is 6.10 Å². The summed E-state index contributed by atoms with van der Waals surface area (Å²) in [6.07, 6.45) is 3.93. The molecule has 0 saturated carbocycles. The van der Waals surface area contributed by atoms with Crippen LogP contribution >= 0.6 is 0 Å². The smallest absolute Gasteiger partial charge is 0.261 e. The molecule has 2 aromatic carbocycles. The zero-order valence-corrected chi connectivity index (χ0v) is 16.8. The molecule has 1 N–H and O–H groups in total. The summed E-state index contributed by atoms with van der Waals surface area (Å²) < 4.78 is 11.1. The molecule has 1 saturated heterocycles. The van der Waals surface area contributed by atoms with Crippen LogP contribution in [-0.4, -0.2) is 32.2 Å². The molecule has 150 valence electrons. The number of piperidine rings is 1. The molecule has 5 nitrogen and oxygen atoms in total. The number of ether oxygens (including phenoxy) is 2. The Morgan fingerprint density at radius 2 is 1.79 bits per heavy atom. The quantitative estimate of drug-likeness (QED) is 0.745. The van der Waals surface area contributed by atoms with Crippen molar-refractivity contribution in [3.63, 3.8) is 0 Å². The summed E-state index contributed by atoms with van der Waals surface area (Å²) in [4.78, 5) is 15.0.